The molecule has 2 nitrogen and oxygen atoms in total. The normalized spacial score (nSPS) is 39.6. The van der Waals surface area contributed by atoms with Crippen LogP contribution in [0.4, 0.5) is 0 Å². The van der Waals surface area contributed by atoms with Crippen LogP contribution < -0.4 is 5.73 Å². The second kappa shape index (κ2) is 4.66. The van der Waals surface area contributed by atoms with Crippen LogP contribution in [0.1, 0.15) is 64.7 Å². The van der Waals surface area contributed by atoms with E-state index in [9.17, 15) is 5.11 Å². The van der Waals surface area contributed by atoms with E-state index in [1.54, 1.807) is 0 Å². The van der Waals surface area contributed by atoms with Crippen LogP contribution in [-0.4, -0.2) is 17.3 Å². The molecular weight excluding hydrogens is 198 g/mol. The first kappa shape index (κ1) is 12.4. The smallest absolute Gasteiger partial charge is 0.0715 e. The van der Waals surface area contributed by atoms with Crippen LogP contribution in [0.25, 0.3) is 0 Å². The fourth-order valence-electron chi connectivity index (χ4n) is 3.84. The van der Waals surface area contributed by atoms with E-state index in [0.717, 1.165) is 31.6 Å². The maximum atomic E-state index is 11.0. The minimum atomic E-state index is -0.444. The predicted molar refractivity (Wildman–Crippen MR) is 67.2 cm³/mol. The van der Waals surface area contributed by atoms with Crippen LogP contribution in [0, 0.1) is 11.3 Å². The highest BCUT2D eigenvalue weighted by Crippen LogP contribution is 2.51. The zero-order valence-electron chi connectivity index (χ0n) is 10.7. The molecule has 0 unspecified atom stereocenters. The van der Waals surface area contributed by atoms with Crippen LogP contribution in [-0.2, 0) is 0 Å². The van der Waals surface area contributed by atoms with Gasteiger partial charge in [-0.15, -0.1) is 0 Å². The van der Waals surface area contributed by atoms with Crippen molar-refractivity contribution in [2.75, 3.05) is 6.54 Å². The summed E-state index contributed by atoms with van der Waals surface area (Å²) in [6.45, 7) is 3.00. The van der Waals surface area contributed by atoms with E-state index >= 15 is 0 Å². The second-order valence-electron chi connectivity index (χ2n) is 6.26. The van der Waals surface area contributed by atoms with Gasteiger partial charge in [-0.05, 0) is 31.6 Å². The summed E-state index contributed by atoms with van der Waals surface area (Å²) in [5, 5.41) is 11.0. The summed E-state index contributed by atoms with van der Waals surface area (Å²) in [4.78, 5) is 0. The van der Waals surface area contributed by atoms with Crippen molar-refractivity contribution in [2.45, 2.75) is 70.3 Å². The summed E-state index contributed by atoms with van der Waals surface area (Å²) in [5.41, 5.74) is 5.64. The molecule has 0 bridgehead atoms. The Morgan fingerprint density at radius 3 is 2.12 bits per heavy atom. The van der Waals surface area contributed by atoms with Crippen molar-refractivity contribution in [1.29, 1.82) is 0 Å². The number of rotatable bonds is 2. The molecule has 2 fully saturated rings. The van der Waals surface area contributed by atoms with Gasteiger partial charge in [0.25, 0.3) is 0 Å². The lowest BCUT2D eigenvalue weighted by molar-refractivity contribution is -0.125. The molecular formula is C14H27NO. The van der Waals surface area contributed by atoms with E-state index in [4.69, 9.17) is 5.73 Å². The summed E-state index contributed by atoms with van der Waals surface area (Å²) >= 11 is 0. The molecule has 0 radical (unpaired) electrons. The standard InChI is InChI=1S/C14H27NO/c1-12-5-9-13(11-15,10-6-12)14(16)7-3-2-4-8-14/h12,16H,2-11,15H2,1H3. The van der Waals surface area contributed by atoms with E-state index < -0.39 is 5.60 Å². The summed E-state index contributed by atoms with van der Waals surface area (Å²) in [6, 6.07) is 0. The third kappa shape index (κ3) is 2.02. The summed E-state index contributed by atoms with van der Waals surface area (Å²) < 4.78 is 0. The summed E-state index contributed by atoms with van der Waals surface area (Å²) in [6.07, 6.45) is 10.4. The zero-order valence-corrected chi connectivity index (χ0v) is 10.7. The fourth-order valence-corrected chi connectivity index (χ4v) is 3.84. The summed E-state index contributed by atoms with van der Waals surface area (Å²) in [5.74, 6) is 0.826. The Morgan fingerprint density at radius 2 is 1.62 bits per heavy atom. The van der Waals surface area contributed by atoms with Gasteiger partial charge in [0.15, 0.2) is 0 Å². The lowest BCUT2D eigenvalue weighted by Crippen LogP contribution is -2.55. The fraction of sp³-hybridized carbons (Fsp3) is 1.00. The molecule has 2 heteroatoms. The van der Waals surface area contributed by atoms with Crippen molar-refractivity contribution in [2.24, 2.45) is 17.1 Å². The maximum Gasteiger partial charge on any atom is 0.0715 e. The maximum absolute atomic E-state index is 11.0. The van der Waals surface area contributed by atoms with Crippen LogP contribution in [0.2, 0.25) is 0 Å². The van der Waals surface area contributed by atoms with Gasteiger partial charge in [-0.3, -0.25) is 0 Å². The third-order valence-electron chi connectivity index (χ3n) is 5.29. The van der Waals surface area contributed by atoms with Crippen molar-refractivity contribution in [3.63, 3.8) is 0 Å². The quantitative estimate of drug-likeness (QED) is 0.759. The van der Waals surface area contributed by atoms with Crippen molar-refractivity contribution >= 4 is 0 Å². The molecule has 0 heterocycles. The average molecular weight is 225 g/mol. The Hall–Kier alpha value is -0.0800. The Labute approximate surface area is 99.6 Å². The Bertz CT molecular complexity index is 225. The predicted octanol–water partition coefficient (Wildman–Crippen LogP) is 2.84. The van der Waals surface area contributed by atoms with E-state index in [2.05, 4.69) is 6.92 Å². The van der Waals surface area contributed by atoms with E-state index in [0.29, 0.717) is 6.54 Å². The monoisotopic (exact) mass is 225 g/mol. The van der Waals surface area contributed by atoms with Gasteiger partial charge in [-0.1, -0.05) is 39.0 Å². The van der Waals surface area contributed by atoms with Crippen molar-refractivity contribution in [1.82, 2.24) is 0 Å². The second-order valence-corrected chi connectivity index (χ2v) is 6.26. The molecule has 0 aromatic carbocycles. The first-order chi connectivity index (χ1) is 7.62. The van der Waals surface area contributed by atoms with Crippen LogP contribution in [0.15, 0.2) is 0 Å². The molecule has 0 spiro atoms. The zero-order chi connectivity index (χ0) is 11.6. The molecule has 0 atom stereocenters. The van der Waals surface area contributed by atoms with Gasteiger partial charge in [0.1, 0.15) is 0 Å². The van der Waals surface area contributed by atoms with E-state index in [1.807, 2.05) is 0 Å². The van der Waals surface area contributed by atoms with Gasteiger partial charge in [0.2, 0.25) is 0 Å². The van der Waals surface area contributed by atoms with Crippen LogP contribution in [0.3, 0.4) is 0 Å². The topological polar surface area (TPSA) is 46.2 Å². The van der Waals surface area contributed by atoms with Crippen molar-refractivity contribution < 1.29 is 5.11 Å². The third-order valence-corrected chi connectivity index (χ3v) is 5.29. The molecule has 0 amide bonds. The number of hydrogen-bond acceptors (Lipinski definition) is 2. The minimum absolute atomic E-state index is 0.0416. The van der Waals surface area contributed by atoms with Crippen molar-refractivity contribution in [3.05, 3.63) is 0 Å². The number of aliphatic hydroxyl groups is 1. The number of nitrogens with two attached hydrogens (primary N) is 1. The molecule has 0 aromatic rings. The Balaban J connectivity index is 2.13. The van der Waals surface area contributed by atoms with Gasteiger partial charge < -0.3 is 10.8 Å². The highest BCUT2D eigenvalue weighted by atomic mass is 16.3. The van der Waals surface area contributed by atoms with Gasteiger partial charge in [0.05, 0.1) is 5.60 Å². The van der Waals surface area contributed by atoms with Gasteiger partial charge in [-0.2, -0.15) is 0 Å². The first-order valence-electron chi connectivity index (χ1n) is 7.04. The Kier molecular flexibility index (Phi) is 3.60. The van der Waals surface area contributed by atoms with Crippen molar-refractivity contribution in [3.8, 4) is 0 Å². The van der Waals surface area contributed by atoms with Gasteiger partial charge in [-0.25, -0.2) is 0 Å². The lowest BCUT2D eigenvalue weighted by atomic mass is 9.57. The lowest BCUT2D eigenvalue weighted by Gasteiger charge is -2.52. The van der Waals surface area contributed by atoms with E-state index in [1.165, 1.54) is 32.1 Å². The minimum Gasteiger partial charge on any atom is -0.389 e. The molecule has 0 aromatic heterocycles. The summed E-state index contributed by atoms with van der Waals surface area (Å²) in [7, 11) is 0. The molecule has 0 aliphatic heterocycles. The SMILES string of the molecule is CC1CCC(CN)(C2(O)CCCCC2)CC1. The van der Waals surface area contributed by atoms with E-state index in [-0.39, 0.29) is 5.41 Å². The largest absolute Gasteiger partial charge is 0.389 e. The molecule has 0 saturated heterocycles. The van der Waals surface area contributed by atoms with Gasteiger partial charge in [0, 0.05) is 12.0 Å². The first-order valence-corrected chi connectivity index (χ1v) is 7.04. The molecule has 16 heavy (non-hydrogen) atoms. The highest BCUT2D eigenvalue weighted by Gasteiger charge is 2.50. The van der Waals surface area contributed by atoms with Crippen LogP contribution >= 0.6 is 0 Å². The molecule has 2 saturated carbocycles. The number of hydrogen-bond donors (Lipinski definition) is 2. The molecule has 2 aliphatic rings. The highest BCUT2D eigenvalue weighted by molar-refractivity contribution is 5.02. The molecule has 3 N–H and O–H groups in total. The molecule has 2 aliphatic carbocycles. The average Bonchev–Trinajstić information content (AvgIpc) is 2.31. The Morgan fingerprint density at radius 1 is 1.06 bits per heavy atom. The molecule has 2 rings (SSSR count). The van der Waals surface area contributed by atoms with Gasteiger partial charge >= 0.3 is 0 Å². The van der Waals surface area contributed by atoms with Crippen LogP contribution in [0.5, 0.6) is 0 Å². The molecule has 94 valence electrons.